The molecular weight excluding hydrogens is 285 g/mol. The van der Waals surface area contributed by atoms with Crippen LogP contribution in [-0.4, -0.2) is 25.8 Å². The molecule has 3 rings (SSSR count). The minimum absolute atomic E-state index is 0.102. The van der Waals surface area contributed by atoms with Gasteiger partial charge in [0.05, 0.1) is 0 Å². The van der Waals surface area contributed by atoms with Crippen molar-refractivity contribution in [3.63, 3.8) is 0 Å². The molecule has 0 unspecified atom stereocenters. The zero-order valence-corrected chi connectivity index (χ0v) is 11.0. The van der Waals surface area contributed by atoms with Gasteiger partial charge in [-0.1, -0.05) is 6.07 Å². The number of hydrogen-bond acceptors (Lipinski definition) is 4. The predicted octanol–water partition coefficient (Wildman–Crippen LogP) is 1.89. The molecule has 1 aromatic heterocycles. The van der Waals surface area contributed by atoms with Gasteiger partial charge in [-0.2, -0.15) is 0 Å². The average molecular weight is 295 g/mol. The van der Waals surface area contributed by atoms with Crippen molar-refractivity contribution in [1.29, 1.82) is 0 Å². The lowest BCUT2D eigenvalue weighted by Crippen LogP contribution is -2.16. The summed E-state index contributed by atoms with van der Waals surface area (Å²) in [6.45, 7) is 0. The molecule has 1 fully saturated rings. The van der Waals surface area contributed by atoms with Crippen LogP contribution in [0, 0.1) is 5.82 Å². The Bertz CT molecular complexity index is 736. The van der Waals surface area contributed by atoms with E-state index in [4.69, 9.17) is 5.11 Å². The van der Waals surface area contributed by atoms with Crippen molar-refractivity contribution in [3.8, 4) is 0 Å². The lowest BCUT2D eigenvalue weighted by atomic mass is 10.2. The van der Waals surface area contributed by atoms with Crippen LogP contribution in [0.4, 0.5) is 4.39 Å². The summed E-state index contributed by atoms with van der Waals surface area (Å²) in [6.07, 6.45) is 1.78. The Hall–Kier alpha value is -2.09. The fourth-order valence-corrected chi connectivity index (χ4v) is 2.96. The first kappa shape index (κ1) is 12.9. The molecule has 2 aromatic rings. The maximum Gasteiger partial charge on any atom is 0.344 e. The topological polar surface area (TPSA) is 88.0 Å². The largest absolute Gasteiger partial charge is 0.478 e. The van der Waals surface area contributed by atoms with Gasteiger partial charge in [0, 0.05) is 10.9 Å². The van der Waals surface area contributed by atoms with Crippen LogP contribution in [0.5, 0.6) is 0 Å². The number of nitrogens with zero attached hydrogens (tertiary/aromatic N) is 2. The van der Waals surface area contributed by atoms with Crippen molar-refractivity contribution in [2.45, 2.75) is 28.9 Å². The van der Waals surface area contributed by atoms with Gasteiger partial charge >= 0.3 is 11.7 Å². The van der Waals surface area contributed by atoms with E-state index in [1.54, 1.807) is 0 Å². The Morgan fingerprint density at radius 1 is 1.50 bits per heavy atom. The minimum Gasteiger partial charge on any atom is -0.478 e. The van der Waals surface area contributed by atoms with Crippen molar-refractivity contribution >= 4 is 17.7 Å². The van der Waals surface area contributed by atoms with Crippen LogP contribution in [0.25, 0.3) is 0 Å². The van der Waals surface area contributed by atoms with E-state index < -0.39 is 17.3 Å². The van der Waals surface area contributed by atoms with Crippen molar-refractivity contribution in [3.05, 3.63) is 40.1 Å². The van der Waals surface area contributed by atoms with Crippen LogP contribution in [-0.2, 0) is 0 Å². The molecule has 2 N–H and O–H groups in total. The average Bonchev–Trinajstić information content (AvgIpc) is 3.15. The SMILES string of the molecule is O=C(O)c1c(F)cccc1Sc1n[nH]c(=O)n1C1CC1. The molecule has 0 radical (unpaired) electrons. The van der Waals surface area contributed by atoms with Crippen LogP contribution < -0.4 is 5.69 Å². The minimum atomic E-state index is -1.35. The Morgan fingerprint density at radius 2 is 2.25 bits per heavy atom. The Balaban J connectivity index is 2.02. The third-order valence-corrected chi connectivity index (χ3v) is 4.01. The summed E-state index contributed by atoms with van der Waals surface area (Å²) < 4.78 is 15.1. The number of H-pyrrole nitrogens is 1. The Labute approximate surface area is 116 Å². The molecule has 0 spiro atoms. The van der Waals surface area contributed by atoms with E-state index in [0.717, 1.165) is 30.7 Å². The van der Waals surface area contributed by atoms with Crippen molar-refractivity contribution < 1.29 is 14.3 Å². The number of carboxylic acids is 1. The van der Waals surface area contributed by atoms with Crippen molar-refractivity contribution in [1.82, 2.24) is 14.8 Å². The van der Waals surface area contributed by atoms with Crippen LogP contribution in [0.15, 0.2) is 33.0 Å². The zero-order chi connectivity index (χ0) is 14.3. The van der Waals surface area contributed by atoms with E-state index in [1.165, 1.54) is 16.7 Å². The molecular formula is C12H10FN3O3S. The highest BCUT2D eigenvalue weighted by molar-refractivity contribution is 7.99. The predicted molar refractivity (Wildman–Crippen MR) is 68.6 cm³/mol. The maximum atomic E-state index is 13.6. The highest BCUT2D eigenvalue weighted by Gasteiger charge is 2.29. The van der Waals surface area contributed by atoms with Crippen LogP contribution >= 0.6 is 11.8 Å². The lowest BCUT2D eigenvalue weighted by Gasteiger charge is -2.07. The highest BCUT2D eigenvalue weighted by Crippen LogP contribution is 2.38. The lowest BCUT2D eigenvalue weighted by molar-refractivity contribution is 0.0688. The Morgan fingerprint density at radius 3 is 2.90 bits per heavy atom. The summed E-state index contributed by atoms with van der Waals surface area (Å²) in [4.78, 5) is 23.0. The van der Waals surface area contributed by atoms with E-state index in [-0.39, 0.29) is 16.6 Å². The molecule has 1 aromatic carbocycles. The number of rotatable bonds is 4. The molecule has 8 heteroatoms. The monoisotopic (exact) mass is 295 g/mol. The van der Waals surface area contributed by atoms with E-state index in [1.807, 2.05) is 0 Å². The van der Waals surface area contributed by atoms with E-state index in [2.05, 4.69) is 10.2 Å². The normalized spacial score (nSPS) is 14.4. The van der Waals surface area contributed by atoms with Gasteiger partial charge in [0.1, 0.15) is 11.4 Å². The second kappa shape index (κ2) is 4.78. The van der Waals surface area contributed by atoms with Crippen LogP contribution in [0.1, 0.15) is 29.2 Å². The van der Waals surface area contributed by atoms with E-state index in [9.17, 15) is 14.0 Å². The van der Waals surface area contributed by atoms with Crippen molar-refractivity contribution in [2.24, 2.45) is 0 Å². The summed E-state index contributed by atoms with van der Waals surface area (Å²) in [6, 6.07) is 4.11. The fourth-order valence-electron chi connectivity index (χ4n) is 1.91. The number of hydrogen-bond donors (Lipinski definition) is 2. The Kier molecular flexibility index (Phi) is 3.09. The first-order valence-corrected chi connectivity index (χ1v) is 6.76. The number of aromatic amines is 1. The van der Waals surface area contributed by atoms with Gasteiger partial charge in [0.25, 0.3) is 0 Å². The number of nitrogens with one attached hydrogen (secondary N) is 1. The molecule has 0 bridgehead atoms. The van der Waals surface area contributed by atoms with Gasteiger partial charge in [-0.25, -0.2) is 19.1 Å². The maximum absolute atomic E-state index is 13.6. The van der Waals surface area contributed by atoms with Gasteiger partial charge in [-0.3, -0.25) is 4.57 Å². The van der Waals surface area contributed by atoms with Gasteiger partial charge in [-0.15, -0.1) is 5.10 Å². The van der Waals surface area contributed by atoms with Gasteiger partial charge in [0.2, 0.25) is 0 Å². The van der Waals surface area contributed by atoms with Crippen LogP contribution in [0.2, 0.25) is 0 Å². The summed E-state index contributed by atoms with van der Waals surface area (Å²) in [7, 11) is 0. The first-order chi connectivity index (χ1) is 9.58. The zero-order valence-electron chi connectivity index (χ0n) is 10.2. The second-order valence-corrected chi connectivity index (χ2v) is 5.44. The molecule has 1 heterocycles. The highest BCUT2D eigenvalue weighted by atomic mass is 32.2. The van der Waals surface area contributed by atoms with E-state index in [0.29, 0.717) is 5.16 Å². The molecule has 1 saturated carbocycles. The van der Waals surface area contributed by atoms with Gasteiger partial charge in [0.15, 0.2) is 5.16 Å². The molecule has 0 amide bonds. The fraction of sp³-hybridized carbons (Fsp3) is 0.250. The molecule has 0 saturated heterocycles. The number of aromatic carboxylic acids is 1. The molecule has 20 heavy (non-hydrogen) atoms. The number of benzene rings is 1. The van der Waals surface area contributed by atoms with Crippen molar-refractivity contribution in [2.75, 3.05) is 0 Å². The number of carbonyl (C=O) groups is 1. The van der Waals surface area contributed by atoms with Gasteiger partial charge < -0.3 is 5.11 Å². The number of halogens is 1. The molecule has 1 aliphatic carbocycles. The number of carboxylic acid groups (broad SMARTS) is 1. The van der Waals surface area contributed by atoms with Crippen LogP contribution in [0.3, 0.4) is 0 Å². The quantitative estimate of drug-likeness (QED) is 0.899. The standard InChI is InChI=1S/C12H10FN3O3S/c13-7-2-1-3-8(9(7)10(17)18)20-12-15-14-11(19)16(12)6-4-5-6/h1-3,6H,4-5H2,(H,14,19)(H,17,18). The molecule has 104 valence electrons. The summed E-state index contributed by atoms with van der Waals surface area (Å²) in [5.41, 5.74) is -0.737. The second-order valence-electron chi connectivity index (χ2n) is 4.43. The smallest absolute Gasteiger partial charge is 0.344 e. The third-order valence-electron chi connectivity index (χ3n) is 2.97. The molecule has 0 atom stereocenters. The summed E-state index contributed by atoms with van der Waals surface area (Å²) >= 11 is 0.972. The van der Waals surface area contributed by atoms with Gasteiger partial charge in [-0.05, 0) is 36.7 Å². The third kappa shape index (κ3) is 2.22. The summed E-state index contributed by atoms with van der Waals surface area (Å²) in [5.74, 6) is -2.15. The molecule has 0 aliphatic heterocycles. The number of aromatic nitrogens is 3. The first-order valence-electron chi connectivity index (χ1n) is 5.94. The van der Waals surface area contributed by atoms with E-state index >= 15 is 0 Å². The molecule has 1 aliphatic rings. The molecule has 6 nitrogen and oxygen atoms in total. The summed E-state index contributed by atoms with van der Waals surface area (Å²) in [5, 5.41) is 15.6.